The van der Waals surface area contributed by atoms with E-state index in [1.165, 1.54) is 32.4 Å². The minimum absolute atomic E-state index is 0.00980. The van der Waals surface area contributed by atoms with Crippen molar-refractivity contribution in [3.8, 4) is 0 Å². The lowest BCUT2D eigenvalue weighted by molar-refractivity contribution is -0.124. The van der Waals surface area contributed by atoms with Crippen LogP contribution in [-0.4, -0.2) is 68.1 Å². The van der Waals surface area contributed by atoms with E-state index in [9.17, 15) is 9.59 Å². The van der Waals surface area contributed by atoms with Crippen molar-refractivity contribution in [3.05, 3.63) is 57.8 Å². The number of nitrogens with one attached hydrogen (secondary N) is 1. The van der Waals surface area contributed by atoms with Crippen molar-refractivity contribution in [2.45, 2.75) is 37.6 Å². The van der Waals surface area contributed by atoms with E-state index in [1.54, 1.807) is 18.4 Å². The Morgan fingerprint density at radius 1 is 1.12 bits per heavy atom. The second-order valence-corrected chi connectivity index (χ2v) is 9.54. The highest BCUT2D eigenvalue weighted by Crippen LogP contribution is 2.44. The fourth-order valence-corrected chi connectivity index (χ4v) is 5.77. The molecule has 0 aliphatic carbocycles. The molecule has 2 atom stereocenters. The van der Waals surface area contributed by atoms with Gasteiger partial charge in [0.2, 0.25) is 5.91 Å². The Morgan fingerprint density at radius 3 is 2.69 bits per heavy atom. The number of rotatable bonds is 9. The number of amides is 2. The third-order valence-corrected chi connectivity index (χ3v) is 7.43. The van der Waals surface area contributed by atoms with Gasteiger partial charge in [-0.1, -0.05) is 30.7 Å². The molecule has 3 heterocycles. The van der Waals surface area contributed by atoms with E-state index in [1.807, 2.05) is 46.7 Å². The first kappa shape index (κ1) is 23.0. The summed E-state index contributed by atoms with van der Waals surface area (Å²) in [6, 6.07) is 11.2. The predicted octanol–water partition coefficient (Wildman–Crippen LogP) is 3.67. The van der Waals surface area contributed by atoms with E-state index in [-0.39, 0.29) is 17.9 Å². The topological polar surface area (TPSA) is 61.9 Å². The number of ether oxygens (including phenoxy) is 1. The molecule has 2 aliphatic heterocycles. The van der Waals surface area contributed by atoms with Crippen LogP contribution in [-0.2, 0) is 9.53 Å². The van der Waals surface area contributed by atoms with Crippen molar-refractivity contribution in [3.63, 3.8) is 0 Å². The van der Waals surface area contributed by atoms with Gasteiger partial charge in [0.1, 0.15) is 0 Å². The van der Waals surface area contributed by atoms with Crippen molar-refractivity contribution in [1.82, 2.24) is 15.1 Å². The molecule has 2 amide bonds. The molecule has 1 aromatic heterocycles. The lowest BCUT2D eigenvalue weighted by Gasteiger charge is -2.41. The van der Waals surface area contributed by atoms with Crippen LogP contribution < -0.4 is 5.32 Å². The second kappa shape index (κ2) is 11.1. The van der Waals surface area contributed by atoms with Gasteiger partial charge in [-0.2, -0.15) is 0 Å². The maximum atomic E-state index is 13.6. The van der Waals surface area contributed by atoms with Gasteiger partial charge in [-0.05, 0) is 62.0 Å². The van der Waals surface area contributed by atoms with Gasteiger partial charge in [-0.3, -0.25) is 9.59 Å². The van der Waals surface area contributed by atoms with Crippen LogP contribution in [0.1, 0.15) is 58.4 Å². The minimum Gasteiger partial charge on any atom is -0.383 e. The highest BCUT2D eigenvalue weighted by Gasteiger charge is 2.44. The SMILES string of the molecule is COCCN1C(=O)c2ccccc2[C@H](C(=O)NCCCN2CCCCC2)[C@@H]1c1cccs1. The Labute approximate surface area is 194 Å². The van der Waals surface area contributed by atoms with Gasteiger partial charge in [0.25, 0.3) is 5.91 Å². The molecule has 1 fully saturated rings. The molecule has 1 aromatic carbocycles. The van der Waals surface area contributed by atoms with Gasteiger partial charge in [0.05, 0.1) is 18.6 Å². The quantitative estimate of drug-likeness (QED) is 0.586. The smallest absolute Gasteiger partial charge is 0.254 e. The molecule has 0 radical (unpaired) electrons. The molecular formula is C25H33N3O3S. The summed E-state index contributed by atoms with van der Waals surface area (Å²) in [7, 11) is 1.63. The molecule has 6 nitrogen and oxygen atoms in total. The second-order valence-electron chi connectivity index (χ2n) is 8.56. The molecule has 0 saturated carbocycles. The number of carbonyl (C=O) groups is 2. The molecule has 4 rings (SSSR count). The predicted molar refractivity (Wildman–Crippen MR) is 127 cm³/mol. The largest absolute Gasteiger partial charge is 0.383 e. The van der Waals surface area contributed by atoms with E-state index in [4.69, 9.17) is 4.74 Å². The minimum atomic E-state index is -0.436. The number of likely N-dealkylation sites (tertiary alicyclic amines) is 1. The van der Waals surface area contributed by atoms with Gasteiger partial charge in [0, 0.05) is 30.6 Å². The van der Waals surface area contributed by atoms with Crippen molar-refractivity contribution < 1.29 is 14.3 Å². The summed E-state index contributed by atoms with van der Waals surface area (Å²) in [4.78, 5) is 32.3. The summed E-state index contributed by atoms with van der Waals surface area (Å²) in [5.74, 6) is -0.482. The van der Waals surface area contributed by atoms with Crippen LogP contribution in [0.3, 0.4) is 0 Å². The standard InChI is InChI=1S/C25H33N3O3S/c1-31-17-16-28-23(21-11-7-18-32-21)22(19-9-3-4-10-20(19)25(28)30)24(29)26-12-8-15-27-13-5-2-6-14-27/h3-4,7,9-11,18,22-23H,2,5-6,8,12-17H2,1H3,(H,26,29)/t22-,23-/m0/s1. The summed E-state index contributed by atoms with van der Waals surface area (Å²) in [5.41, 5.74) is 1.43. The third kappa shape index (κ3) is 5.05. The van der Waals surface area contributed by atoms with Gasteiger partial charge in [-0.25, -0.2) is 0 Å². The molecule has 2 aromatic rings. The molecule has 0 bridgehead atoms. The number of hydrogen-bond acceptors (Lipinski definition) is 5. The van der Waals surface area contributed by atoms with Crippen LogP contribution in [0, 0.1) is 0 Å². The number of benzene rings is 1. The van der Waals surface area contributed by atoms with Crippen molar-refractivity contribution in [1.29, 1.82) is 0 Å². The average molecular weight is 456 g/mol. The molecular weight excluding hydrogens is 422 g/mol. The van der Waals surface area contributed by atoms with Crippen LogP contribution in [0.25, 0.3) is 0 Å². The molecule has 1 saturated heterocycles. The Hall–Kier alpha value is -2.22. The molecule has 0 spiro atoms. The van der Waals surface area contributed by atoms with E-state index in [2.05, 4.69) is 10.2 Å². The normalized spacial score (nSPS) is 21.4. The zero-order valence-corrected chi connectivity index (χ0v) is 19.6. The number of carbonyl (C=O) groups excluding carboxylic acids is 2. The number of methoxy groups -OCH3 is 1. The fourth-order valence-electron chi connectivity index (χ4n) is 4.89. The van der Waals surface area contributed by atoms with Crippen LogP contribution in [0.4, 0.5) is 0 Å². The van der Waals surface area contributed by atoms with Crippen molar-refractivity contribution in [2.24, 2.45) is 0 Å². The van der Waals surface area contributed by atoms with E-state index in [0.717, 1.165) is 23.4 Å². The first-order valence-electron chi connectivity index (χ1n) is 11.6. The summed E-state index contributed by atoms with van der Waals surface area (Å²) < 4.78 is 5.28. The zero-order chi connectivity index (χ0) is 22.3. The number of thiophene rings is 1. The van der Waals surface area contributed by atoms with E-state index < -0.39 is 5.92 Å². The fraction of sp³-hybridized carbons (Fsp3) is 0.520. The lowest BCUT2D eigenvalue weighted by atomic mass is 9.81. The highest BCUT2D eigenvalue weighted by molar-refractivity contribution is 7.10. The number of piperidine rings is 1. The highest BCUT2D eigenvalue weighted by atomic mass is 32.1. The van der Waals surface area contributed by atoms with Crippen molar-refractivity contribution >= 4 is 23.2 Å². The van der Waals surface area contributed by atoms with Crippen LogP contribution in [0.5, 0.6) is 0 Å². The lowest BCUT2D eigenvalue weighted by Crippen LogP contribution is -2.48. The molecule has 0 unspecified atom stereocenters. The zero-order valence-electron chi connectivity index (χ0n) is 18.8. The average Bonchev–Trinajstić information content (AvgIpc) is 3.36. The maximum absolute atomic E-state index is 13.6. The van der Waals surface area contributed by atoms with Gasteiger partial charge >= 0.3 is 0 Å². The van der Waals surface area contributed by atoms with Gasteiger partial charge in [0.15, 0.2) is 0 Å². The van der Waals surface area contributed by atoms with Gasteiger partial charge in [-0.15, -0.1) is 11.3 Å². The maximum Gasteiger partial charge on any atom is 0.254 e. The number of fused-ring (bicyclic) bond motifs is 1. The number of nitrogens with zero attached hydrogens (tertiary/aromatic N) is 2. The summed E-state index contributed by atoms with van der Waals surface area (Å²) in [6.45, 7) is 4.89. The Balaban J connectivity index is 1.54. The van der Waals surface area contributed by atoms with Crippen LogP contribution >= 0.6 is 11.3 Å². The summed E-state index contributed by atoms with van der Waals surface area (Å²) in [6.07, 6.45) is 4.82. The summed E-state index contributed by atoms with van der Waals surface area (Å²) in [5, 5.41) is 5.19. The Kier molecular flexibility index (Phi) is 7.95. The Morgan fingerprint density at radius 2 is 1.94 bits per heavy atom. The van der Waals surface area contributed by atoms with Crippen molar-refractivity contribution in [2.75, 3.05) is 46.4 Å². The first-order valence-corrected chi connectivity index (χ1v) is 12.5. The first-order chi connectivity index (χ1) is 15.7. The van der Waals surface area contributed by atoms with Crippen LogP contribution in [0.15, 0.2) is 41.8 Å². The van der Waals surface area contributed by atoms with Crippen LogP contribution in [0.2, 0.25) is 0 Å². The summed E-state index contributed by atoms with van der Waals surface area (Å²) >= 11 is 1.59. The van der Waals surface area contributed by atoms with E-state index in [0.29, 0.717) is 25.3 Å². The van der Waals surface area contributed by atoms with E-state index >= 15 is 0 Å². The Bertz CT molecular complexity index is 896. The third-order valence-electron chi connectivity index (χ3n) is 6.49. The molecule has 1 N–H and O–H groups in total. The molecule has 172 valence electrons. The number of hydrogen-bond donors (Lipinski definition) is 1. The van der Waals surface area contributed by atoms with Gasteiger partial charge < -0.3 is 19.9 Å². The molecule has 7 heteroatoms. The molecule has 2 aliphatic rings. The molecule has 32 heavy (non-hydrogen) atoms. The monoisotopic (exact) mass is 455 g/mol.